The van der Waals surface area contributed by atoms with Crippen LogP contribution in [-0.4, -0.2) is 30.1 Å². The molecule has 92 valence electrons. The summed E-state index contributed by atoms with van der Waals surface area (Å²) in [4.78, 5) is 16.0. The Balaban J connectivity index is 2.03. The summed E-state index contributed by atoms with van der Waals surface area (Å²) in [6.45, 7) is 3.19. The first-order valence-corrected chi connectivity index (χ1v) is 5.77. The standard InChI is InChI=1S/C12H17N3O2/c1-8-5-11(13)10(6-14-8)12(16)15-9-3-2-4-17-7-9/h5-6,9H,2-4,7H2,1H3,(H2,13,14)(H,15,16). The number of carbonyl (C=O) groups is 1. The fourth-order valence-corrected chi connectivity index (χ4v) is 1.89. The van der Waals surface area contributed by atoms with Crippen molar-refractivity contribution in [2.75, 3.05) is 18.9 Å². The molecule has 0 spiro atoms. The number of pyridine rings is 1. The van der Waals surface area contributed by atoms with Crippen LogP contribution >= 0.6 is 0 Å². The molecule has 0 bridgehead atoms. The topological polar surface area (TPSA) is 77.2 Å². The third-order valence-corrected chi connectivity index (χ3v) is 2.81. The van der Waals surface area contributed by atoms with Crippen LogP contribution in [0.2, 0.25) is 0 Å². The number of hydrogen-bond donors (Lipinski definition) is 2. The van der Waals surface area contributed by atoms with Gasteiger partial charge in [-0.1, -0.05) is 0 Å². The summed E-state index contributed by atoms with van der Waals surface area (Å²) >= 11 is 0. The van der Waals surface area contributed by atoms with E-state index in [1.807, 2.05) is 6.92 Å². The number of amides is 1. The second-order valence-electron chi connectivity index (χ2n) is 4.30. The summed E-state index contributed by atoms with van der Waals surface area (Å²) in [5, 5.41) is 2.91. The molecule has 1 aromatic rings. The number of aromatic nitrogens is 1. The van der Waals surface area contributed by atoms with Crippen molar-refractivity contribution in [2.45, 2.75) is 25.8 Å². The van der Waals surface area contributed by atoms with E-state index in [4.69, 9.17) is 10.5 Å². The van der Waals surface area contributed by atoms with E-state index < -0.39 is 0 Å². The Hall–Kier alpha value is -1.62. The quantitative estimate of drug-likeness (QED) is 0.797. The maximum Gasteiger partial charge on any atom is 0.255 e. The maximum atomic E-state index is 12.0. The first-order chi connectivity index (χ1) is 8.16. The van der Waals surface area contributed by atoms with Gasteiger partial charge in [0.25, 0.3) is 5.91 Å². The molecule has 0 radical (unpaired) electrons. The van der Waals surface area contributed by atoms with E-state index in [1.54, 1.807) is 6.07 Å². The highest BCUT2D eigenvalue weighted by Gasteiger charge is 2.18. The molecule has 1 aromatic heterocycles. The van der Waals surface area contributed by atoms with Gasteiger partial charge in [-0.15, -0.1) is 0 Å². The highest BCUT2D eigenvalue weighted by Crippen LogP contribution is 2.13. The van der Waals surface area contributed by atoms with E-state index in [9.17, 15) is 4.79 Å². The molecule has 17 heavy (non-hydrogen) atoms. The number of nitrogen functional groups attached to an aromatic ring is 1. The zero-order valence-electron chi connectivity index (χ0n) is 9.90. The van der Waals surface area contributed by atoms with Crippen LogP contribution in [0.25, 0.3) is 0 Å². The van der Waals surface area contributed by atoms with E-state index >= 15 is 0 Å². The Morgan fingerprint density at radius 2 is 2.47 bits per heavy atom. The van der Waals surface area contributed by atoms with Gasteiger partial charge in [0.2, 0.25) is 0 Å². The SMILES string of the molecule is Cc1cc(N)c(C(=O)NC2CCCOC2)cn1. The van der Waals surface area contributed by atoms with Gasteiger partial charge in [-0.05, 0) is 25.8 Å². The minimum atomic E-state index is -0.175. The van der Waals surface area contributed by atoms with Crippen LogP contribution in [0.4, 0.5) is 5.69 Å². The van der Waals surface area contributed by atoms with Crippen LogP contribution in [0, 0.1) is 6.92 Å². The number of nitrogens with one attached hydrogen (secondary N) is 1. The highest BCUT2D eigenvalue weighted by molar-refractivity contribution is 5.98. The molecule has 1 saturated heterocycles. The molecule has 3 N–H and O–H groups in total. The van der Waals surface area contributed by atoms with Crippen LogP contribution in [0.3, 0.4) is 0 Å². The fraction of sp³-hybridized carbons (Fsp3) is 0.500. The van der Waals surface area contributed by atoms with Crippen LogP contribution in [0.15, 0.2) is 12.3 Å². The van der Waals surface area contributed by atoms with Crippen molar-refractivity contribution in [2.24, 2.45) is 0 Å². The lowest BCUT2D eigenvalue weighted by Crippen LogP contribution is -2.40. The Morgan fingerprint density at radius 3 is 3.12 bits per heavy atom. The second-order valence-corrected chi connectivity index (χ2v) is 4.30. The Labute approximate surface area is 100 Å². The number of nitrogens with zero attached hydrogens (tertiary/aromatic N) is 1. The molecule has 0 aromatic carbocycles. The Kier molecular flexibility index (Phi) is 3.58. The molecule has 2 heterocycles. The molecule has 5 heteroatoms. The van der Waals surface area contributed by atoms with E-state index in [1.165, 1.54) is 6.20 Å². The average Bonchev–Trinajstić information content (AvgIpc) is 2.30. The lowest BCUT2D eigenvalue weighted by Gasteiger charge is -2.23. The van der Waals surface area contributed by atoms with E-state index in [0.717, 1.165) is 25.1 Å². The lowest BCUT2D eigenvalue weighted by atomic mass is 10.1. The zero-order chi connectivity index (χ0) is 12.3. The van der Waals surface area contributed by atoms with Crippen LogP contribution < -0.4 is 11.1 Å². The van der Waals surface area contributed by atoms with Gasteiger partial charge in [-0.3, -0.25) is 9.78 Å². The molecule has 1 aliphatic heterocycles. The predicted molar refractivity (Wildman–Crippen MR) is 64.7 cm³/mol. The van der Waals surface area contributed by atoms with E-state index in [0.29, 0.717) is 17.9 Å². The third kappa shape index (κ3) is 2.94. The van der Waals surface area contributed by atoms with Crippen molar-refractivity contribution >= 4 is 11.6 Å². The van der Waals surface area contributed by atoms with Gasteiger partial charge in [-0.25, -0.2) is 0 Å². The summed E-state index contributed by atoms with van der Waals surface area (Å²) in [5.74, 6) is -0.175. The highest BCUT2D eigenvalue weighted by atomic mass is 16.5. The summed E-state index contributed by atoms with van der Waals surface area (Å²) in [5.41, 5.74) is 7.50. The summed E-state index contributed by atoms with van der Waals surface area (Å²) in [6, 6.07) is 1.78. The van der Waals surface area contributed by atoms with Crippen molar-refractivity contribution in [3.05, 3.63) is 23.5 Å². The zero-order valence-corrected chi connectivity index (χ0v) is 9.90. The van der Waals surface area contributed by atoms with Gasteiger partial charge >= 0.3 is 0 Å². The first kappa shape index (κ1) is 11.9. The van der Waals surface area contributed by atoms with Crippen LogP contribution in [-0.2, 0) is 4.74 Å². The van der Waals surface area contributed by atoms with Crippen molar-refractivity contribution < 1.29 is 9.53 Å². The molecule has 1 amide bonds. The van der Waals surface area contributed by atoms with Crippen molar-refractivity contribution in [1.82, 2.24) is 10.3 Å². The average molecular weight is 235 g/mol. The maximum absolute atomic E-state index is 12.0. The molecule has 1 aliphatic rings. The van der Waals surface area contributed by atoms with Crippen LogP contribution in [0.5, 0.6) is 0 Å². The Bertz CT molecular complexity index is 414. The van der Waals surface area contributed by atoms with E-state index in [-0.39, 0.29) is 11.9 Å². The normalized spacial score (nSPS) is 19.9. The van der Waals surface area contributed by atoms with Gasteiger partial charge in [0.15, 0.2) is 0 Å². The molecule has 5 nitrogen and oxygen atoms in total. The summed E-state index contributed by atoms with van der Waals surface area (Å²) in [7, 11) is 0. The number of anilines is 1. The monoisotopic (exact) mass is 235 g/mol. The smallest absolute Gasteiger partial charge is 0.255 e. The number of nitrogens with two attached hydrogens (primary N) is 1. The number of carbonyl (C=O) groups excluding carboxylic acids is 1. The number of hydrogen-bond acceptors (Lipinski definition) is 4. The van der Waals surface area contributed by atoms with Gasteiger partial charge in [0, 0.05) is 24.2 Å². The van der Waals surface area contributed by atoms with E-state index in [2.05, 4.69) is 10.3 Å². The summed E-state index contributed by atoms with van der Waals surface area (Å²) < 4.78 is 5.31. The second kappa shape index (κ2) is 5.14. The largest absolute Gasteiger partial charge is 0.398 e. The molecular formula is C12H17N3O2. The van der Waals surface area contributed by atoms with Gasteiger partial charge < -0.3 is 15.8 Å². The van der Waals surface area contributed by atoms with Gasteiger partial charge in [0.05, 0.1) is 18.2 Å². The minimum absolute atomic E-state index is 0.0805. The third-order valence-electron chi connectivity index (χ3n) is 2.81. The summed E-state index contributed by atoms with van der Waals surface area (Å²) in [6.07, 6.45) is 3.45. The molecule has 1 atom stereocenters. The molecular weight excluding hydrogens is 218 g/mol. The fourth-order valence-electron chi connectivity index (χ4n) is 1.89. The predicted octanol–water partition coefficient (Wildman–Crippen LogP) is 0.881. The van der Waals surface area contributed by atoms with Crippen molar-refractivity contribution in [3.8, 4) is 0 Å². The first-order valence-electron chi connectivity index (χ1n) is 5.77. The molecule has 0 saturated carbocycles. The lowest BCUT2D eigenvalue weighted by molar-refractivity contribution is 0.0624. The van der Waals surface area contributed by atoms with Crippen molar-refractivity contribution in [1.29, 1.82) is 0 Å². The molecule has 1 unspecified atom stereocenters. The molecule has 0 aliphatic carbocycles. The Morgan fingerprint density at radius 1 is 1.65 bits per heavy atom. The van der Waals surface area contributed by atoms with Crippen LogP contribution in [0.1, 0.15) is 28.9 Å². The minimum Gasteiger partial charge on any atom is -0.398 e. The number of ether oxygens (including phenoxy) is 1. The number of rotatable bonds is 2. The van der Waals surface area contributed by atoms with Crippen molar-refractivity contribution in [3.63, 3.8) is 0 Å². The van der Waals surface area contributed by atoms with Gasteiger partial charge in [0.1, 0.15) is 0 Å². The molecule has 1 fully saturated rings. The van der Waals surface area contributed by atoms with Gasteiger partial charge in [-0.2, -0.15) is 0 Å². The number of aryl methyl sites for hydroxylation is 1. The molecule has 2 rings (SSSR count).